The van der Waals surface area contributed by atoms with Gasteiger partial charge in [0, 0.05) is 12.0 Å². The molecule has 2 rings (SSSR count). The highest BCUT2D eigenvalue weighted by Crippen LogP contribution is 2.24. The molecule has 2 aromatic rings. The molecule has 0 radical (unpaired) electrons. The van der Waals surface area contributed by atoms with E-state index in [1.165, 1.54) is 7.11 Å². The third-order valence-electron chi connectivity index (χ3n) is 3.42. The maximum atomic E-state index is 11.7. The van der Waals surface area contributed by atoms with E-state index >= 15 is 0 Å². The fraction of sp³-hybridized carbons (Fsp3) is 0.222. The number of rotatable bonds is 5. The summed E-state index contributed by atoms with van der Waals surface area (Å²) in [5, 5.41) is 0. The van der Waals surface area contributed by atoms with E-state index in [0.29, 0.717) is 12.8 Å². The molecule has 0 heterocycles. The molecule has 0 aliphatic carbocycles. The Hall–Kier alpha value is -2.42. The van der Waals surface area contributed by atoms with Crippen LogP contribution in [0.4, 0.5) is 0 Å². The number of ether oxygens (including phenoxy) is 1. The molecule has 0 aliphatic heterocycles. The molecule has 0 unspecified atom stereocenters. The van der Waals surface area contributed by atoms with Gasteiger partial charge in [-0.2, -0.15) is 0 Å². The van der Waals surface area contributed by atoms with Gasteiger partial charge in [0.1, 0.15) is 0 Å². The van der Waals surface area contributed by atoms with Gasteiger partial charge >= 0.3 is 5.97 Å². The van der Waals surface area contributed by atoms with Crippen molar-refractivity contribution in [2.24, 2.45) is 0 Å². The largest absolute Gasteiger partial charge is 0.469 e. The number of benzene rings is 2. The molecule has 0 N–H and O–H groups in total. The summed E-state index contributed by atoms with van der Waals surface area (Å²) in [5.74, 6) is -0.152. The van der Waals surface area contributed by atoms with E-state index in [1.54, 1.807) is 6.92 Å². The summed E-state index contributed by atoms with van der Waals surface area (Å²) < 4.78 is 4.63. The molecule has 0 bridgehead atoms. The minimum absolute atomic E-state index is 0.0559. The first-order valence-corrected chi connectivity index (χ1v) is 6.88. The van der Waals surface area contributed by atoms with Crippen molar-refractivity contribution in [3.63, 3.8) is 0 Å². The normalized spacial score (nSPS) is 10.2. The molecule has 108 valence electrons. The molecular weight excluding hydrogens is 264 g/mol. The zero-order valence-corrected chi connectivity index (χ0v) is 12.3. The van der Waals surface area contributed by atoms with Crippen LogP contribution in [0.25, 0.3) is 11.1 Å². The Labute approximate surface area is 124 Å². The topological polar surface area (TPSA) is 43.4 Å². The molecule has 0 amide bonds. The van der Waals surface area contributed by atoms with Crippen LogP contribution < -0.4 is 0 Å². The fourth-order valence-electron chi connectivity index (χ4n) is 2.24. The predicted molar refractivity (Wildman–Crippen MR) is 82.2 cm³/mol. The van der Waals surface area contributed by atoms with Crippen LogP contribution in [0.5, 0.6) is 0 Å². The van der Waals surface area contributed by atoms with Crippen molar-refractivity contribution >= 4 is 11.8 Å². The number of aryl methyl sites for hydroxylation is 1. The van der Waals surface area contributed by atoms with Gasteiger partial charge in [0.15, 0.2) is 5.78 Å². The van der Waals surface area contributed by atoms with Crippen molar-refractivity contribution in [3.05, 3.63) is 59.7 Å². The Morgan fingerprint density at radius 1 is 1.00 bits per heavy atom. The van der Waals surface area contributed by atoms with Crippen LogP contribution in [0.3, 0.4) is 0 Å². The first-order valence-electron chi connectivity index (χ1n) is 6.88. The van der Waals surface area contributed by atoms with Gasteiger partial charge in [-0.25, -0.2) is 0 Å². The number of hydrogen-bond acceptors (Lipinski definition) is 3. The average Bonchev–Trinajstić information content (AvgIpc) is 2.53. The number of carbonyl (C=O) groups excluding carboxylic acids is 2. The van der Waals surface area contributed by atoms with Crippen LogP contribution in [-0.2, 0) is 16.0 Å². The first kappa shape index (κ1) is 15.0. The third kappa shape index (κ3) is 3.78. The number of ketones is 1. The summed E-state index contributed by atoms with van der Waals surface area (Å²) in [5.41, 5.74) is 3.73. The second-order valence-electron chi connectivity index (χ2n) is 4.87. The molecule has 0 fully saturated rings. The number of Topliss-reactive ketones (excluding diaryl/α,β-unsaturated/α-hetero) is 1. The second kappa shape index (κ2) is 6.84. The molecule has 21 heavy (non-hydrogen) atoms. The molecule has 0 saturated heterocycles. The van der Waals surface area contributed by atoms with E-state index in [9.17, 15) is 9.59 Å². The van der Waals surface area contributed by atoms with E-state index in [1.807, 2.05) is 48.5 Å². The number of hydrogen-bond donors (Lipinski definition) is 0. The lowest BCUT2D eigenvalue weighted by atomic mass is 9.96. The van der Waals surface area contributed by atoms with E-state index in [2.05, 4.69) is 4.74 Å². The number of carbonyl (C=O) groups is 2. The SMILES string of the molecule is COC(=O)CCc1ccc(-c2ccccc2C(C)=O)cc1. The van der Waals surface area contributed by atoms with Gasteiger partial charge in [-0.05, 0) is 30.0 Å². The van der Waals surface area contributed by atoms with Crippen LogP contribution >= 0.6 is 0 Å². The van der Waals surface area contributed by atoms with Crippen LogP contribution in [-0.4, -0.2) is 18.9 Å². The van der Waals surface area contributed by atoms with Gasteiger partial charge in [0.25, 0.3) is 0 Å². The van der Waals surface area contributed by atoms with Gasteiger partial charge in [0.05, 0.1) is 7.11 Å². The summed E-state index contributed by atoms with van der Waals surface area (Å²) in [4.78, 5) is 22.8. The molecule has 0 atom stereocenters. The Kier molecular flexibility index (Phi) is 4.88. The molecule has 0 spiro atoms. The van der Waals surface area contributed by atoms with Gasteiger partial charge < -0.3 is 4.74 Å². The average molecular weight is 282 g/mol. The number of methoxy groups -OCH3 is 1. The molecule has 2 aromatic carbocycles. The Morgan fingerprint density at radius 3 is 2.29 bits per heavy atom. The zero-order valence-electron chi connectivity index (χ0n) is 12.3. The van der Waals surface area contributed by atoms with Crippen LogP contribution in [0, 0.1) is 0 Å². The van der Waals surface area contributed by atoms with Crippen molar-refractivity contribution in [2.75, 3.05) is 7.11 Å². The van der Waals surface area contributed by atoms with E-state index < -0.39 is 0 Å². The maximum Gasteiger partial charge on any atom is 0.305 e. The first-order chi connectivity index (χ1) is 10.1. The Balaban J connectivity index is 2.19. The van der Waals surface area contributed by atoms with E-state index in [0.717, 1.165) is 22.3 Å². The highest BCUT2D eigenvalue weighted by atomic mass is 16.5. The summed E-state index contributed by atoms with van der Waals surface area (Å²) in [6, 6.07) is 15.5. The monoisotopic (exact) mass is 282 g/mol. The smallest absolute Gasteiger partial charge is 0.305 e. The van der Waals surface area contributed by atoms with Crippen molar-refractivity contribution in [2.45, 2.75) is 19.8 Å². The molecule has 0 aromatic heterocycles. The van der Waals surface area contributed by atoms with Gasteiger partial charge in [-0.15, -0.1) is 0 Å². The summed E-state index contributed by atoms with van der Waals surface area (Å²) in [7, 11) is 1.39. The minimum Gasteiger partial charge on any atom is -0.469 e. The van der Waals surface area contributed by atoms with E-state index in [4.69, 9.17) is 0 Å². The van der Waals surface area contributed by atoms with Crippen molar-refractivity contribution < 1.29 is 14.3 Å². The molecule has 0 aliphatic rings. The quantitative estimate of drug-likeness (QED) is 0.621. The van der Waals surface area contributed by atoms with Gasteiger partial charge in [-0.1, -0.05) is 48.5 Å². The molecule has 3 heteroatoms. The molecule has 3 nitrogen and oxygen atoms in total. The minimum atomic E-state index is -0.207. The maximum absolute atomic E-state index is 11.7. The lowest BCUT2D eigenvalue weighted by molar-refractivity contribution is -0.140. The second-order valence-corrected chi connectivity index (χ2v) is 4.87. The summed E-state index contributed by atoms with van der Waals surface area (Å²) in [6.45, 7) is 1.57. The predicted octanol–water partition coefficient (Wildman–Crippen LogP) is 3.66. The van der Waals surface area contributed by atoms with Gasteiger partial charge in [-0.3, -0.25) is 9.59 Å². The Morgan fingerprint density at radius 2 is 1.67 bits per heavy atom. The molecular formula is C18H18O3. The highest BCUT2D eigenvalue weighted by Gasteiger charge is 2.08. The van der Waals surface area contributed by atoms with Crippen LogP contribution in [0.1, 0.15) is 29.3 Å². The Bertz CT molecular complexity index is 642. The van der Waals surface area contributed by atoms with Crippen LogP contribution in [0.15, 0.2) is 48.5 Å². The van der Waals surface area contributed by atoms with Crippen molar-refractivity contribution in [3.8, 4) is 11.1 Å². The summed E-state index contributed by atoms with van der Waals surface area (Å²) >= 11 is 0. The number of esters is 1. The van der Waals surface area contributed by atoms with Crippen molar-refractivity contribution in [1.29, 1.82) is 0 Å². The lowest BCUT2D eigenvalue weighted by Crippen LogP contribution is -2.01. The lowest BCUT2D eigenvalue weighted by Gasteiger charge is -2.08. The van der Waals surface area contributed by atoms with E-state index in [-0.39, 0.29) is 11.8 Å². The fourth-order valence-corrected chi connectivity index (χ4v) is 2.24. The highest BCUT2D eigenvalue weighted by molar-refractivity contribution is 6.00. The van der Waals surface area contributed by atoms with Crippen molar-refractivity contribution in [1.82, 2.24) is 0 Å². The summed E-state index contributed by atoms with van der Waals surface area (Å²) in [6.07, 6.45) is 1.03. The standard InChI is InChI=1S/C18H18O3/c1-13(19)16-5-3-4-6-17(16)15-10-7-14(8-11-15)9-12-18(20)21-2/h3-8,10-11H,9,12H2,1-2H3. The van der Waals surface area contributed by atoms with Crippen LogP contribution in [0.2, 0.25) is 0 Å². The van der Waals surface area contributed by atoms with Gasteiger partial charge in [0.2, 0.25) is 0 Å². The molecule has 0 saturated carbocycles. The third-order valence-corrected chi connectivity index (χ3v) is 3.42. The zero-order chi connectivity index (χ0) is 15.2.